The number of nitrogen functional groups attached to an aromatic ring is 1. The van der Waals surface area contributed by atoms with Gasteiger partial charge in [-0.25, -0.2) is 4.39 Å². The number of aromatic hydroxyl groups is 1. The van der Waals surface area contributed by atoms with Gasteiger partial charge in [0.05, 0.1) is 61.9 Å². The van der Waals surface area contributed by atoms with Gasteiger partial charge in [-0.1, -0.05) is 58.7 Å². The number of anilines is 5. The zero-order chi connectivity index (χ0) is 88.5. The number of halogens is 8. The van der Waals surface area contributed by atoms with Crippen molar-refractivity contribution < 1.29 is 302 Å². The molecule has 18 rings (SSSR count). The number of hydrogen-bond donors (Lipinski definition) is 3. The van der Waals surface area contributed by atoms with Gasteiger partial charge in [0.15, 0.2) is 0 Å². The number of methoxy groups -OCH3 is 5. The minimum absolute atomic E-state index is 0. The zero-order valence-electron chi connectivity index (χ0n) is 71.7. The molecule has 0 aliphatic carbocycles. The first-order valence-corrected chi connectivity index (χ1v) is 42.9. The Kier molecular flexibility index (Phi) is 62.4. The number of nitro groups is 2. The van der Waals surface area contributed by atoms with Gasteiger partial charge in [-0.2, -0.15) is 0 Å². The van der Waals surface area contributed by atoms with E-state index in [0.717, 1.165) is 156 Å². The molecule has 4 N–H and O–H groups in total. The number of aromatic nitrogens is 4. The Labute approximate surface area is 1030 Å². The number of nitrogens with one attached hydrogen (secondary N) is 1. The molecule has 0 atom stereocenters. The summed E-state index contributed by atoms with van der Waals surface area (Å²) in [5.74, 6) is 4.48. The molecule has 2 aliphatic heterocycles. The summed E-state index contributed by atoms with van der Waals surface area (Å²) in [5, 5.41) is 52.3. The molecule has 0 saturated carbocycles. The molecule has 0 saturated heterocycles. The number of nitrogens with zero attached hydrogens (tertiary/aromatic N) is 8. The van der Waals surface area contributed by atoms with Gasteiger partial charge in [-0.05, 0) is 299 Å². The molecule has 131 heavy (non-hydrogen) atoms. The smallest absolute Gasteiger partial charge is 1.00 e. The van der Waals surface area contributed by atoms with Gasteiger partial charge in [0.1, 0.15) is 40.3 Å². The maximum Gasteiger partial charge on any atom is 1.00 e. The number of rotatable bonds is 13. The summed E-state index contributed by atoms with van der Waals surface area (Å²) in [7, 11) is 8.45. The number of hydrogen-bond acceptors (Lipinski definition) is 19. The van der Waals surface area contributed by atoms with E-state index in [2.05, 4.69) is 265 Å². The third kappa shape index (κ3) is 36.5. The minimum Gasteiger partial charge on any atom is -1.00 e. The second-order valence-corrected chi connectivity index (χ2v) is 35.9. The molecule has 0 amide bonds. The van der Waals surface area contributed by atoms with Crippen molar-refractivity contribution in [3.8, 4) is 51.6 Å². The summed E-state index contributed by atoms with van der Waals surface area (Å²) >= 11 is 16.3. The van der Waals surface area contributed by atoms with Crippen LogP contribution in [0.4, 0.5) is 44.2 Å². The molecule has 12 aromatic carbocycles. The molecule has 6 heterocycles. The number of phenols is 1. The number of carbonyl (C=O) groups is 1. The molecule has 666 valence electrons. The van der Waals surface area contributed by atoms with Crippen molar-refractivity contribution in [2.45, 2.75) is 35.1 Å². The van der Waals surface area contributed by atoms with Crippen molar-refractivity contribution in [2.24, 2.45) is 5.34 Å². The Bertz CT molecular complexity index is 6020. The third-order valence-corrected chi connectivity index (χ3v) is 20.8. The number of H-pyrrole nitrogens is 1. The quantitative estimate of drug-likeness (QED) is 0.0141. The zero-order valence-corrected chi connectivity index (χ0v) is 102. The van der Waals surface area contributed by atoms with E-state index < -0.39 is 15.7 Å². The Morgan fingerprint density at radius 1 is 0.481 bits per heavy atom. The Hall–Kier alpha value is -4.27. The number of phenolic OH excluding ortho intramolecular Hbond substituents is 1. The first-order chi connectivity index (χ1) is 59.5. The van der Waals surface area contributed by atoms with Gasteiger partial charge in [-0.3, -0.25) is 25.0 Å². The molecular weight excluding hydrogens is 2600 g/mol. The van der Waals surface area contributed by atoms with E-state index in [9.17, 15) is 29.7 Å². The van der Waals surface area contributed by atoms with Crippen LogP contribution < -0.4 is 287 Å². The van der Waals surface area contributed by atoms with Crippen molar-refractivity contribution in [3.63, 3.8) is 0 Å². The van der Waals surface area contributed by atoms with Gasteiger partial charge < -0.3 is 109 Å². The molecule has 0 radical (unpaired) electrons. The fourth-order valence-corrected chi connectivity index (χ4v) is 14.3. The van der Waals surface area contributed by atoms with Crippen LogP contribution in [0.3, 0.4) is 0 Å². The van der Waals surface area contributed by atoms with E-state index in [-0.39, 0.29) is 287 Å². The van der Waals surface area contributed by atoms with Crippen LogP contribution in [0.15, 0.2) is 309 Å². The van der Waals surface area contributed by atoms with Crippen LogP contribution in [0, 0.1) is 46.9 Å². The molecular formula is C93H91BBr3Cs2FI4KN10NaO15. The molecule has 2 aliphatic rings. The van der Waals surface area contributed by atoms with E-state index in [1.165, 1.54) is 51.2 Å². The summed E-state index contributed by atoms with van der Waals surface area (Å²) in [6.45, 7) is 1.78. The second-order valence-electron chi connectivity index (χ2n) is 25.7. The number of carbonyl (C=O) groups excluding carboxylic acids is 1. The van der Waals surface area contributed by atoms with Crippen LogP contribution in [-0.4, -0.2) is 91.9 Å². The van der Waals surface area contributed by atoms with Crippen LogP contribution in [0.25, 0.3) is 60.7 Å². The van der Waals surface area contributed by atoms with E-state index in [0.29, 0.717) is 5.75 Å². The number of nitro benzene ring substituents is 2. The molecule has 0 spiro atoms. The standard InChI is InChI=1S/C15H14INO.C15H12INO.C15H12N2O3.C15H14N2O.C14H12INO.C9H9NO.C6H4FNO2.CH2O3.3CH4.BBr3.2Cs.HI.K.HNO2.Na.H/c2*1-18-15-4-2-3-14-13(15)9-10-17(14)12-7-5-11(16)6-8-12;1-20-15-4-2-3-14-13(15)9-10-16(14)11-5-7-12(8-6-11)17(18)19;1-18-15-4-2-3-14-13(15)9-10-17(14)12-7-5-11(16)6-8-12;15-10-4-6-11(7-5-10)16-9-8-12-13(16)2-1-3-14(12)17;1-11-9-4-2-3-8-7(9)5-6-10-8;7-5-1-3-6(4-2-5)8(9)10;2-1-4-3;;;;2-1(3)4;;;;;2-1-3;;/h2-8H,9-10H2,1H3;2-10H,1H3;2-10H,1H3;2-10H,16H2,1H3;1-7,17H,8-9H2;2-6,10H,1H3;1-4H;1,3H;3*1H4;;;;1H;;(H,2,3);;/q;;;;;;;;;;;;2*+1;;+1;;+1;-1/p-3. The molecule has 0 bridgehead atoms. The van der Waals surface area contributed by atoms with Crippen LogP contribution in [0.2, 0.25) is 0 Å². The average molecular weight is 2690 g/mol. The molecule has 0 fully saturated rings. The normalized spacial score (nSPS) is 10.3. The van der Waals surface area contributed by atoms with E-state index in [1.54, 1.807) is 53.7 Å². The Balaban J connectivity index is 0.00000148. The fourth-order valence-electron chi connectivity index (χ4n) is 13.2. The van der Waals surface area contributed by atoms with E-state index >= 15 is 0 Å². The van der Waals surface area contributed by atoms with Gasteiger partial charge in [-0.15, -0.1) is 52.6 Å². The predicted molar refractivity (Wildman–Crippen MR) is 542 cm³/mol. The summed E-state index contributed by atoms with van der Waals surface area (Å²) in [6, 6.07) is 88.3. The van der Waals surface area contributed by atoms with Crippen molar-refractivity contribution in [2.75, 3.05) is 64.2 Å². The Morgan fingerprint density at radius 3 is 1.14 bits per heavy atom. The maximum absolute atomic E-state index is 12.1. The maximum atomic E-state index is 12.1. The summed E-state index contributed by atoms with van der Waals surface area (Å²) in [6.07, 6.45) is 9.91. The number of aromatic amines is 1. The predicted octanol–water partition coefficient (Wildman–Crippen LogP) is 10.5. The van der Waals surface area contributed by atoms with Crippen molar-refractivity contribution >= 4 is 208 Å². The summed E-state index contributed by atoms with van der Waals surface area (Å²) in [5.41, 5.74) is 21.2. The van der Waals surface area contributed by atoms with E-state index in [4.69, 9.17) is 49.6 Å². The summed E-state index contributed by atoms with van der Waals surface area (Å²) < 4.78 is 49.1. The number of non-ortho nitro benzene ring substituents is 2. The average Bonchev–Trinajstić information content (AvgIpc) is 1.62. The third-order valence-electron chi connectivity index (χ3n) is 18.7. The van der Waals surface area contributed by atoms with Gasteiger partial charge in [0.2, 0.25) is 0 Å². The van der Waals surface area contributed by atoms with E-state index in [1.807, 2.05) is 132 Å². The van der Waals surface area contributed by atoms with Gasteiger partial charge in [0, 0.05) is 157 Å². The second kappa shape index (κ2) is 65.6. The monoisotopic (exact) mass is 2690 g/mol. The Morgan fingerprint density at radius 2 is 0.779 bits per heavy atom. The van der Waals surface area contributed by atoms with Crippen molar-refractivity contribution in [1.29, 1.82) is 0 Å². The fraction of sp³-hybridized carbons (Fsp3) is 0.129. The van der Waals surface area contributed by atoms with Crippen molar-refractivity contribution in [3.05, 3.63) is 362 Å². The topological polar surface area (TPSA) is 318 Å². The largest absolute Gasteiger partial charge is 1.00 e. The number of ether oxygens (including phenoxy) is 5. The molecule has 38 heteroatoms. The summed E-state index contributed by atoms with van der Waals surface area (Å²) in [4.78, 5) is 46.7. The minimum atomic E-state index is -0.570. The SMILES string of the molecule is BrB(Br)Br.C.C.C.COc1cccc2[nH]ccc12.COc1cccc2c1CCN2c1ccc(I)cc1.COc1cccc2c1ccn2-c1ccc(I)cc1.COc1cccc2c1ccn2-c1ccc(N)cc1.COc1cccc2c1ccn2-c1ccc([N+](=O)[O-])cc1.O=CO[O-].O=N[O-].O=[N+]([O-])c1ccc(F)cc1.Oc1cccc2c1CCN2c1ccc(I)cc1.[Cs+].[Cs+].[H-].[I-].[K+].[Na+]. The molecule has 0 unspecified atom stereocenters. The van der Waals surface area contributed by atoms with Crippen LogP contribution >= 0.6 is 115 Å². The number of fused-ring (bicyclic) bond motifs is 6. The van der Waals surface area contributed by atoms with Crippen LogP contribution in [0.1, 0.15) is 34.8 Å². The number of benzene rings is 12. The molecule has 4 aromatic heterocycles. The number of nitrogens with two attached hydrogens (primary N) is 1. The molecule has 16 aromatic rings. The van der Waals surface area contributed by atoms with Crippen LogP contribution in [-0.2, 0) is 22.5 Å². The first kappa shape index (κ1) is 125. The van der Waals surface area contributed by atoms with Crippen molar-refractivity contribution in [1.82, 2.24) is 18.7 Å². The first-order valence-electron chi connectivity index (χ1n) is 36.9. The van der Waals surface area contributed by atoms with Gasteiger partial charge >= 0.3 is 222 Å². The molecule has 25 nitrogen and oxygen atoms in total. The van der Waals surface area contributed by atoms with Gasteiger partial charge in [0.25, 0.3) is 17.8 Å². The van der Waals surface area contributed by atoms with Crippen LogP contribution in [0.5, 0.6) is 34.5 Å².